The lowest BCUT2D eigenvalue weighted by Gasteiger charge is -2.25. The van der Waals surface area contributed by atoms with Crippen molar-refractivity contribution in [1.82, 2.24) is 57.1 Å². The molecule has 12 aromatic rings. The number of methoxy groups -OCH3 is 4. The van der Waals surface area contributed by atoms with Gasteiger partial charge in [-0.05, 0) is 205 Å². The number of anilines is 4. The fraction of sp³-hybridized carbons (Fsp3) is 0.378. The van der Waals surface area contributed by atoms with Crippen LogP contribution in [-0.2, 0) is 0 Å². The lowest BCUT2D eigenvalue weighted by molar-refractivity contribution is 0.214. The van der Waals surface area contributed by atoms with Crippen molar-refractivity contribution in [2.75, 3.05) is 167 Å². The fourth-order valence-corrected chi connectivity index (χ4v) is 18.1. The Morgan fingerprint density at radius 2 is 0.731 bits per heavy atom. The third kappa shape index (κ3) is 16.9. The molecule has 25 nitrogen and oxygen atoms in total. The van der Waals surface area contributed by atoms with E-state index < -0.39 is 23.3 Å². The second-order valence-corrected chi connectivity index (χ2v) is 32.5. The van der Waals surface area contributed by atoms with Crippen LogP contribution in [0.25, 0.3) is 67.6 Å². The second kappa shape index (κ2) is 34.3. The molecule has 0 amide bonds. The SMILES string of the molecule is COc1ccc(-c2cc(=O)n3cc(N4CC[C@@H](N(C)C)C4)ccc3n2)cc1F.COc1ccc(-c2cc(=O)n3cc(N4C[C@@H]5CCN(C)[C@@H]5C4)ccc3n2)cc1F.COc1ccc(-c2cc(=O)n3cc(N4C[C@@H]5CN(C(C)C)C[C@@H]5C4)ccc3n2)cc1F.COc1ccc(-c2cc(=O)n3cc(N4C[C@H]5CN(CCO)C[C@H]5C4)ccc3n2)cc1F. The number of aromatic nitrogens is 8. The van der Waals surface area contributed by atoms with Crippen molar-refractivity contribution in [3.8, 4) is 68.0 Å². The summed E-state index contributed by atoms with van der Waals surface area (Å²) in [6.07, 6.45) is 9.75. The second-order valence-electron chi connectivity index (χ2n) is 32.5. The summed E-state index contributed by atoms with van der Waals surface area (Å²) in [7, 11) is 12.0. The summed E-state index contributed by atoms with van der Waals surface area (Å²) in [5, 5.41) is 9.16. The topological polar surface area (TPSA) is 221 Å². The molecule has 119 heavy (non-hydrogen) atoms. The van der Waals surface area contributed by atoms with Gasteiger partial charge in [-0.1, -0.05) is 0 Å². The zero-order valence-corrected chi connectivity index (χ0v) is 68.2. The zero-order chi connectivity index (χ0) is 83.2. The number of aliphatic hydroxyl groups excluding tert-OH is 1. The first kappa shape index (κ1) is 81.0. The van der Waals surface area contributed by atoms with E-state index in [-0.39, 0.29) is 51.8 Å². The molecule has 7 fully saturated rings. The van der Waals surface area contributed by atoms with Gasteiger partial charge < -0.3 is 63.3 Å². The highest BCUT2D eigenvalue weighted by Crippen LogP contribution is 2.39. The molecule has 29 heteroatoms. The highest BCUT2D eigenvalue weighted by molar-refractivity contribution is 5.68. The van der Waals surface area contributed by atoms with E-state index in [1.165, 1.54) is 102 Å². The Morgan fingerprint density at radius 3 is 1.03 bits per heavy atom. The van der Waals surface area contributed by atoms with Crippen molar-refractivity contribution in [3.63, 3.8) is 0 Å². The maximum atomic E-state index is 14.1. The normalized spacial score (nSPS) is 20.3. The summed E-state index contributed by atoms with van der Waals surface area (Å²) in [6.45, 7) is 18.8. The molecule has 15 heterocycles. The minimum absolute atomic E-state index is 0.153. The molecule has 620 valence electrons. The van der Waals surface area contributed by atoms with Gasteiger partial charge in [0, 0.05) is 175 Å². The number of pyridine rings is 4. The van der Waals surface area contributed by atoms with E-state index in [4.69, 9.17) is 24.1 Å². The summed E-state index contributed by atoms with van der Waals surface area (Å²) >= 11 is 0. The van der Waals surface area contributed by atoms with Gasteiger partial charge in [0.2, 0.25) is 0 Å². The van der Waals surface area contributed by atoms with Crippen LogP contribution >= 0.6 is 0 Å². The van der Waals surface area contributed by atoms with E-state index in [1.54, 1.807) is 54.0 Å². The molecule has 0 radical (unpaired) electrons. The summed E-state index contributed by atoms with van der Waals surface area (Å²) in [5.74, 6) is 1.94. The van der Waals surface area contributed by atoms with Crippen LogP contribution in [0.15, 0.2) is 190 Å². The Kier molecular flexibility index (Phi) is 23.3. The Hall–Kier alpha value is -11.8. The summed E-state index contributed by atoms with van der Waals surface area (Å²) < 4.78 is 82.3. The van der Waals surface area contributed by atoms with Crippen LogP contribution in [0, 0.1) is 52.9 Å². The zero-order valence-electron chi connectivity index (χ0n) is 68.2. The van der Waals surface area contributed by atoms with Crippen molar-refractivity contribution in [1.29, 1.82) is 0 Å². The van der Waals surface area contributed by atoms with E-state index >= 15 is 0 Å². The third-order valence-corrected chi connectivity index (χ3v) is 24.8. The van der Waals surface area contributed by atoms with Crippen LogP contribution in [0.2, 0.25) is 0 Å². The maximum Gasteiger partial charge on any atom is 0.258 e. The standard InChI is InChI=1S/C24H27FN4O2.C23H25FN4O3.C22H23FN4O2.C21H23FN4O2/c1-15(2)27-10-17-12-28(13-18(17)11-27)19-5-7-23-26-21(9-24(30)29(23)14-19)16-4-6-22(31-3)20(25)8-16;1-31-21-4-2-15(8-19(21)24)20-9-23(30)28-14-18(3-5-22(28)25-20)27-12-16-10-26(6-7-29)11-17(16)13-27;1-25-8-7-15-11-26(13-19(15)25)16-4-6-21-24-18(10-22(28)27(21)12-16)14-3-5-20(29-2)17(23)9-14;1-24(2)15-8-9-25(12-15)16-5-7-20-23-18(11-21(27)26(20)13-16)14-4-6-19(28-3)17(22)10-14/h4-9,14-15,17-18H,10-13H2,1-3H3;2-5,8-9,14,16-17,29H,6-7,10-13H2,1H3;3-6,9-10,12,15,19H,7-8,11,13H2,1-2H3;4-7,10-11,13,15H,8-9,12H2,1-3H3/t17-,18+;16-,17+;15-,19+;15-/m..01/s1. The molecule has 4 aromatic carbocycles. The van der Waals surface area contributed by atoms with Crippen LogP contribution in [0.3, 0.4) is 0 Å². The summed E-state index contributed by atoms with van der Waals surface area (Å²) in [5.41, 5.74) is 9.40. The number of likely N-dealkylation sites (N-methyl/N-ethyl adjacent to an activating group) is 2. The number of β-amino-alcohol motifs (C(OH)–C–C–N with tert-alkyl or cyclic N) is 1. The van der Waals surface area contributed by atoms with Crippen LogP contribution in [-0.4, -0.2) is 228 Å². The van der Waals surface area contributed by atoms with Gasteiger partial charge in [-0.3, -0.25) is 36.8 Å². The molecule has 7 saturated heterocycles. The van der Waals surface area contributed by atoms with Gasteiger partial charge in [-0.15, -0.1) is 0 Å². The number of ether oxygens (including phenoxy) is 4. The monoisotopic (exact) mass is 1620 g/mol. The van der Waals surface area contributed by atoms with Crippen molar-refractivity contribution < 1.29 is 41.6 Å². The summed E-state index contributed by atoms with van der Waals surface area (Å²) in [4.78, 5) is 88.3. The first-order chi connectivity index (χ1) is 57.5. The van der Waals surface area contributed by atoms with E-state index in [1.807, 2.05) is 73.3 Å². The van der Waals surface area contributed by atoms with Gasteiger partial charge in [0.15, 0.2) is 46.3 Å². The van der Waals surface area contributed by atoms with Crippen molar-refractivity contribution >= 4 is 45.3 Å². The molecule has 8 aromatic heterocycles. The number of aliphatic hydroxyl groups is 1. The maximum absolute atomic E-state index is 14.1. The molecule has 1 N–H and O–H groups in total. The van der Waals surface area contributed by atoms with Gasteiger partial charge >= 0.3 is 0 Å². The average Bonchev–Trinajstić information content (AvgIpc) is 1.73. The van der Waals surface area contributed by atoms with Gasteiger partial charge in [-0.25, -0.2) is 37.5 Å². The first-order valence-electron chi connectivity index (χ1n) is 40.4. The molecule has 0 spiro atoms. The van der Waals surface area contributed by atoms with E-state index in [0.29, 0.717) is 115 Å². The number of likely N-dealkylation sites (tertiary alicyclic amines) is 3. The van der Waals surface area contributed by atoms with Crippen LogP contribution in [0.5, 0.6) is 23.0 Å². The molecule has 19 rings (SSSR count). The largest absolute Gasteiger partial charge is 0.494 e. The van der Waals surface area contributed by atoms with Crippen molar-refractivity contribution in [3.05, 3.63) is 235 Å². The predicted octanol–water partition coefficient (Wildman–Crippen LogP) is 10.5. The molecule has 7 aliphatic heterocycles. The van der Waals surface area contributed by atoms with E-state index in [0.717, 1.165) is 114 Å². The molecule has 0 saturated carbocycles. The lowest BCUT2D eigenvalue weighted by atomic mass is 10.0. The minimum Gasteiger partial charge on any atom is -0.494 e. The lowest BCUT2D eigenvalue weighted by Crippen LogP contribution is -2.33. The van der Waals surface area contributed by atoms with Gasteiger partial charge in [0.1, 0.15) is 22.6 Å². The first-order valence-corrected chi connectivity index (χ1v) is 40.4. The van der Waals surface area contributed by atoms with E-state index in [9.17, 15) is 36.7 Å². The smallest absolute Gasteiger partial charge is 0.258 e. The number of benzene rings is 4. The summed E-state index contributed by atoms with van der Waals surface area (Å²) in [6, 6.07) is 41.2. The van der Waals surface area contributed by atoms with Crippen LogP contribution in [0.4, 0.5) is 40.3 Å². The Labute approximate surface area is 685 Å². The quantitative estimate of drug-likeness (QED) is 0.0889. The molecular formula is C90H98F4N16O9. The fourth-order valence-electron chi connectivity index (χ4n) is 18.1. The third-order valence-electron chi connectivity index (χ3n) is 24.8. The highest BCUT2D eigenvalue weighted by atomic mass is 19.1. The van der Waals surface area contributed by atoms with Crippen LogP contribution < -0.4 is 60.8 Å². The predicted molar refractivity (Wildman–Crippen MR) is 453 cm³/mol. The number of hydrogen-bond acceptors (Lipinski definition) is 21. The van der Waals surface area contributed by atoms with Crippen molar-refractivity contribution in [2.45, 2.75) is 44.8 Å². The number of nitrogens with zero attached hydrogens (tertiary/aromatic N) is 16. The Morgan fingerprint density at radius 1 is 0.403 bits per heavy atom. The molecule has 0 aliphatic carbocycles. The Bertz CT molecular complexity index is 6020. The number of halogens is 4. The van der Waals surface area contributed by atoms with Gasteiger partial charge in [0.25, 0.3) is 22.2 Å². The average molecular weight is 1620 g/mol. The van der Waals surface area contributed by atoms with Crippen LogP contribution in [0.1, 0.15) is 26.7 Å². The molecular weight excluding hydrogens is 1530 g/mol. The molecule has 7 atom stereocenters. The molecule has 7 aliphatic rings. The highest BCUT2D eigenvalue weighted by Gasteiger charge is 2.43. The number of fused-ring (bicyclic) bond motifs is 7. The Balaban J connectivity index is 0.000000118. The number of hydrogen-bond donors (Lipinski definition) is 1. The molecule has 0 unspecified atom stereocenters. The number of rotatable bonds is 16. The van der Waals surface area contributed by atoms with Crippen molar-refractivity contribution in [2.24, 2.45) is 29.6 Å². The van der Waals surface area contributed by atoms with Gasteiger partial charge in [0.05, 0.1) is 80.6 Å². The van der Waals surface area contributed by atoms with Gasteiger partial charge in [-0.2, -0.15) is 0 Å². The molecule has 0 bridgehead atoms. The van der Waals surface area contributed by atoms with E-state index in [2.05, 4.69) is 94.1 Å². The minimum atomic E-state index is -0.491.